The van der Waals surface area contributed by atoms with Crippen molar-refractivity contribution in [3.05, 3.63) is 0 Å². The van der Waals surface area contributed by atoms with Gasteiger partial charge in [0.1, 0.15) is 19.3 Å². The van der Waals surface area contributed by atoms with Crippen LogP contribution in [0.5, 0.6) is 0 Å². The largest absolute Gasteiger partial charge is 0.472 e. The molecule has 4 unspecified atom stereocenters. The third kappa shape index (κ3) is 58.4. The van der Waals surface area contributed by atoms with E-state index in [9.17, 15) is 43.2 Å². The number of phosphoric acid groups is 2. The van der Waals surface area contributed by atoms with Crippen LogP contribution in [0.1, 0.15) is 325 Å². The van der Waals surface area contributed by atoms with Crippen molar-refractivity contribution in [3.63, 3.8) is 0 Å². The number of rotatable bonds is 64. The zero-order valence-corrected chi connectivity index (χ0v) is 57.7. The number of carbonyl (C=O) groups is 4. The molecule has 19 heteroatoms. The van der Waals surface area contributed by atoms with Crippen LogP contribution in [0, 0.1) is 23.7 Å². The van der Waals surface area contributed by atoms with Crippen molar-refractivity contribution >= 4 is 39.5 Å². The SMILES string of the molecule is CCC(C)CCCCCCCCC(=O)OC[C@H](COP(=O)(O)OC[C@H](O)COP(=O)(O)OC[C@@H](COC(=O)CCCCCCCCCCCCCCC(C)C)OC(=O)CCCCCCCCCCC(C)C)OC(=O)CCCCCCCCC(C)CC. The molecule has 0 spiro atoms. The van der Waals surface area contributed by atoms with Crippen molar-refractivity contribution in [2.24, 2.45) is 23.7 Å². The van der Waals surface area contributed by atoms with Crippen molar-refractivity contribution in [1.82, 2.24) is 0 Å². The maximum absolute atomic E-state index is 13.0. The molecule has 0 aromatic rings. The Morgan fingerprint density at radius 3 is 0.826 bits per heavy atom. The van der Waals surface area contributed by atoms with E-state index in [4.69, 9.17) is 37.0 Å². The Hall–Kier alpha value is -1.94. The monoisotopic (exact) mass is 1270 g/mol. The highest BCUT2D eigenvalue weighted by Crippen LogP contribution is 2.45. The van der Waals surface area contributed by atoms with Gasteiger partial charge >= 0.3 is 39.5 Å². The maximum atomic E-state index is 13.0. The Kier molecular flexibility index (Phi) is 55.7. The molecule has 3 N–H and O–H groups in total. The summed E-state index contributed by atoms with van der Waals surface area (Å²) < 4.78 is 68.1. The maximum Gasteiger partial charge on any atom is 0.472 e. The average Bonchev–Trinajstić information content (AvgIpc) is 3.57. The van der Waals surface area contributed by atoms with Gasteiger partial charge in [0.25, 0.3) is 0 Å². The van der Waals surface area contributed by atoms with E-state index in [-0.39, 0.29) is 25.7 Å². The second-order valence-corrected chi connectivity index (χ2v) is 28.6. The molecule has 0 amide bonds. The standard InChI is InChI=1S/C67H130O17P2/c1-9-59(7)45-37-29-23-25-32-40-48-65(70)78-54-63(84-67(72)50-42-34-26-24-30-38-46-60(8)10-2)56-82-86(75,76)80-52-61(68)51-79-85(73,74)81-55-62(83-66(71)49-41-33-22-18-17-20-28-36-44-58(5)6)53-77-64(69)47-39-31-21-16-14-12-11-13-15-19-27-35-43-57(3)4/h57-63,68H,9-56H2,1-8H3,(H,73,74)(H,75,76)/t59?,60?,61-,62-,63-/m1/s1. The Morgan fingerprint density at radius 2 is 0.558 bits per heavy atom. The first-order chi connectivity index (χ1) is 41.2. The van der Waals surface area contributed by atoms with Gasteiger partial charge in [-0.15, -0.1) is 0 Å². The number of hydrogen-bond donors (Lipinski definition) is 3. The molecule has 0 aromatic heterocycles. The predicted octanol–water partition coefficient (Wildman–Crippen LogP) is 18.5. The van der Waals surface area contributed by atoms with Gasteiger partial charge in [-0.25, -0.2) is 9.13 Å². The third-order valence-corrected chi connectivity index (χ3v) is 17.9. The summed E-state index contributed by atoms with van der Waals surface area (Å²) in [5.74, 6) is 0.813. The summed E-state index contributed by atoms with van der Waals surface area (Å²) in [4.78, 5) is 72.4. The molecule has 86 heavy (non-hydrogen) atoms. The van der Waals surface area contributed by atoms with Crippen LogP contribution >= 0.6 is 15.6 Å². The van der Waals surface area contributed by atoms with Gasteiger partial charge in [-0.2, -0.15) is 0 Å². The molecule has 0 aromatic carbocycles. The lowest BCUT2D eigenvalue weighted by Gasteiger charge is -2.21. The fraction of sp³-hybridized carbons (Fsp3) is 0.940. The summed E-state index contributed by atoms with van der Waals surface area (Å²) >= 11 is 0. The van der Waals surface area contributed by atoms with Crippen LogP contribution in [-0.4, -0.2) is 96.7 Å². The summed E-state index contributed by atoms with van der Waals surface area (Å²) in [6, 6.07) is 0. The zero-order chi connectivity index (χ0) is 63.9. The smallest absolute Gasteiger partial charge is 0.462 e. The highest BCUT2D eigenvalue weighted by Gasteiger charge is 2.30. The van der Waals surface area contributed by atoms with Crippen LogP contribution in [0.25, 0.3) is 0 Å². The minimum Gasteiger partial charge on any atom is -0.462 e. The molecule has 0 saturated carbocycles. The molecule has 0 aliphatic heterocycles. The van der Waals surface area contributed by atoms with E-state index < -0.39 is 97.5 Å². The number of phosphoric ester groups is 2. The lowest BCUT2D eigenvalue weighted by molar-refractivity contribution is -0.161. The Morgan fingerprint density at radius 1 is 0.326 bits per heavy atom. The summed E-state index contributed by atoms with van der Waals surface area (Å²) in [6.07, 6.45) is 37.7. The van der Waals surface area contributed by atoms with Crippen LogP contribution in [0.4, 0.5) is 0 Å². The quantitative estimate of drug-likeness (QED) is 0.0222. The van der Waals surface area contributed by atoms with E-state index in [0.717, 1.165) is 120 Å². The molecule has 17 nitrogen and oxygen atoms in total. The number of carbonyl (C=O) groups excluding carboxylic acids is 4. The van der Waals surface area contributed by atoms with Crippen molar-refractivity contribution in [2.75, 3.05) is 39.6 Å². The third-order valence-electron chi connectivity index (χ3n) is 16.0. The molecule has 0 heterocycles. The molecule has 0 aliphatic rings. The van der Waals surface area contributed by atoms with Crippen LogP contribution in [0.15, 0.2) is 0 Å². The Labute approximate surface area is 524 Å². The van der Waals surface area contributed by atoms with Crippen molar-refractivity contribution in [2.45, 2.75) is 343 Å². The van der Waals surface area contributed by atoms with Gasteiger partial charge in [-0.05, 0) is 49.4 Å². The van der Waals surface area contributed by atoms with Gasteiger partial charge in [0.15, 0.2) is 12.2 Å². The first-order valence-electron chi connectivity index (χ1n) is 34.8. The summed E-state index contributed by atoms with van der Waals surface area (Å²) in [5, 5.41) is 10.6. The number of hydrogen-bond acceptors (Lipinski definition) is 15. The van der Waals surface area contributed by atoms with Gasteiger partial charge < -0.3 is 33.8 Å². The van der Waals surface area contributed by atoms with Gasteiger partial charge in [0.2, 0.25) is 0 Å². The van der Waals surface area contributed by atoms with Crippen LogP contribution < -0.4 is 0 Å². The lowest BCUT2D eigenvalue weighted by atomic mass is 10.00. The number of aliphatic hydroxyl groups excluding tert-OH is 1. The van der Waals surface area contributed by atoms with E-state index in [0.29, 0.717) is 25.7 Å². The van der Waals surface area contributed by atoms with E-state index in [1.807, 2.05) is 0 Å². The van der Waals surface area contributed by atoms with Crippen LogP contribution in [0.2, 0.25) is 0 Å². The molecule has 0 aliphatic carbocycles. The number of aliphatic hydroxyl groups is 1. The molecule has 0 saturated heterocycles. The van der Waals surface area contributed by atoms with E-state index >= 15 is 0 Å². The van der Waals surface area contributed by atoms with Crippen LogP contribution in [-0.2, 0) is 65.4 Å². The van der Waals surface area contributed by atoms with Gasteiger partial charge in [-0.3, -0.25) is 37.3 Å². The van der Waals surface area contributed by atoms with Crippen LogP contribution in [0.3, 0.4) is 0 Å². The lowest BCUT2D eigenvalue weighted by Crippen LogP contribution is -2.30. The Balaban J connectivity index is 5.24. The Bertz CT molecular complexity index is 1720. The second kappa shape index (κ2) is 57.0. The zero-order valence-electron chi connectivity index (χ0n) is 55.9. The first kappa shape index (κ1) is 84.1. The van der Waals surface area contributed by atoms with Crippen molar-refractivity contribution in [3.8, 4) is 0 Å². The normalized spacial score (nSPS) is 15.0. The predicted molar refractivity (Wildman–Crippen MR) is 344 cm³/mol. The summed E-state index contributed by atoms with van der Waals surface area (Å²) in [5.41, 5.74) is 0. The van der Waals surface area contributed by atoms with E-state index in [1.54, 1.807) is 0 Å². The minimum absolute atomic E-state index is 0.101. The summed E-state index contributed by atoms with van der Waals surface area (Å²) in [7, 11) is -9.90. The summed E-state index contributed by atoms with van der Waals surface area (Å²) in [6.45, 7) is 14.0. The molecular formula is C67H130O17P2. The van der Waals surface area contributed by atoms with Crippen molar-refractivity contribution in [1.29, 1.82) is 0 Å². The van der Waals surface area contributed by atoms with E-state index in [1.165, 1.54) is 122 Å². The highest BCUT2D eigenvalue weighted by molar-refractivity contribution is 7.47. The molecule has 0 bridgehead atoms. The fourth-order valence-corrected chi connectivity index (χ4v) is 11.5. The molecule has 0 rings (SSSR count). The second-order valence-electron chi connectivity index (χ2n) is 25.6. The molecule has 0 fully saturated rings. The number of esters is 4. The molecule has 0 radical (unpaired) electrons. The molecular weight excluding hydrogens is 1140 g/mol. The van der Waals surface area contributed by atoms with E-state index in [2.05, 4.69) is 55.4 Å². The topological polar surface area (TPSA) is 237 Å². The minimum atomic E-state index is -4.95. The fourth-order valence-electron chi connectivity index (χ4n) is 9.89. The van der Waals surface area contributed by atoms with Gasteiger partial charge in [-0.1, -0.05) is 274 Å². The number of ether oxygens (including phenoxy) is 4. The molecule has 7 atom stereocenters. The van der Waals surface area contributed by atoms with Gasteiger partial charge in [0.05, 0.1) is 26.4 Å². The van der Waals surface area contributed by atoms with Crippen molar-refractivity contribution < 1.29 is 80.2 Å². The number of unbranched alkanes of at least 4 members (excludes halogenated alkanes) is 28. The first-order valence-corrected chi connectivity index (χ1v) is 37.8. The molecule has 510 valence electrons. The van der Waals surface area contributed by atoms with Gasteiger partial charge in [0, 0.05) is 25.7 Å². The highest BCUT2D eigenvalue weighted by atomic mass is 31.2. The average molecular weight is 1270 g/mol.